The van der Waals surface area contributed by atoms with Gasteiger partial charge < -0.3 is 10.1 Å². The van der Waals surface area contributed by atoms with Crippen molar-refractivity contribution in [3.63, 3.8) is 0 Å². The number of likely N-dealkylation sites (tertiary alicyclic amines) is 1. The van der Waals surface area contributed by atoms with Crippen LogP contribution in [0.3, 0.4) is 0 Å². The second-order valence-electron chi connectivity index (χ2n) is 8.67. The van der Waals surface area contributed by atoms with E-state index in [0.29, 0.717) is 6.04 Å². The first-order valence-electron chi connectivity index (χ1n) is 10.3. The van der Waals surface area contributed by atoms with Gasteiger partial charge >= 0.3 is 0 Å². The molecular formula is C23H28N2O2. The van der Waals surface area contributed by atoms with Gasteiger partial charge in [0.2, 0.25) is 0 Å². The Balaban J connectivity index is 1.19. The molecule has 0 bridgehead atoms. The molecule has 2 heterocycles. The molecular weight excluding hydrogens is 336 g/mol. The Bertz CT molecular complexity index is 837. The van der Waals surface area contributed by atoms with E-state index in [9.17, 15) is 4.79 Å². The first-order valence-corrected chi connectivity index (χ1v) is 10.3. The third kappa shape index (κ3) is 3.79. The molecule has 2 saturated heterocycles. The predicted octanol–water partition coefficient (Wildman–Crippen LogP) is 3.53. The Morgan fingerprint density at radius 2 is 1.85 bits per heavy atom. The topological polar surface area (TPSA) is 41.6 Å². The van der Waals surface area contributed by atoms with Crippen LogP contribution in [0.2, 0.25) is 0 Å². The molecule has 142 valence electrons. The normalized spacial score (nSPS) is 25.3. The standard InChI is InChI=1S/C23H28N2O2/c26-15-18-2-4-19-11-17(1-3-20(19)12-18)14-25-9-7-23(8-10-25)13-22(16-27-23)24-21-5-6-21/h1-4,11-12,15,21-22,24H,5-10,13-14,16H2. The zero-order chi connectivity index (χ0) is 18.3. The Morgan fingerprint density at radius 3 is 2.63 bits per heavy atom. The van der Waals surface area contributed by atoms with Crippen LogP contribution in [-0.2, 0) is 11.3 Å². The smallest absolute Gasteiger partial charge is 0.150 e. The second kappa shape index (κ2) is 7.01. The van der Waals surface area contributed by atoms with Gasteiger partial charge in [-0.05, 0) is 60.6 Å². The van der Waals surface area contributed by atoms with Crippen LogP contribution >= 0.6 is 0 Å². The highest BCUT2D eigenvalue weighted by atomic mass is 16.5. The number of nitrogens with zero attached hydrogens (tertiary/aromatic N) is 1. The van der Waals surface area contributed by atoms with Gasteiger partial charge in [0.1, 0.15) is 6.29 Å². The van der Waals surface area contributed by atoms with Crippen molar-refractivity contribution < 1.29 is 9.53 Å². The number of benzene rings is 2. The minimum Gasteiger partial charge on any atom is -0.373 e. The summed E-state index contributed by atoms with van der Waals surface area (Å²) in [5, 5.41) is 6.08. The average Bonchev–Trinajstić information content (AvgIpc) is 3.43. The minimum absolute atomic E-state index is 0.123. The average molecular weight is 364 g/mol. The summed E-state index contributed by atoms with van der Waals surface area (Å²) in [5.41, 5.74) is 2.21. The lowest BCUT2D eigenvalue weighted by atomic mass is 9.87. The van der Waals surface area contributed by atoms with Crippen molar-refractivity contribution >= 4 is 17.1 Å². The molecule has 2 aliphatic heterocycles. The summed E-state index contributed by atoms with van der Waals surface area (Å²) < 4.78 is 6.28. The van der Waals surface area contributed by atoms with Gasteiger partial charge in [0.05, 0.1) is 12.2 Å². The largest absolute Gasteiger partial charge is 0.373 e. The Kier molecular flexibility index (Phi) is 4.50. The zero-order valence-electron chi connectivity index (χ0n) is 15.8. The molecule has 5 rings (SSSR count). The summed E-state index contributed by atoms with van der Waals surface area (Å²) in [5.74, 6) is 0. The van der Waals surface area contributed by atoms with Crippen molar-refractivity contribution in [1.82, 2.24) is 10.2 Å². The first-order chi connectivity index (χ1) is 13.2. The lowest BCUT2D eigenvalue weighted by Gasteiger charge is -2.38. The number of fused-ring (bicyclic) bond motifs is 1. The lowest BCUT2D eigenvalue weighted by Crippen LogP contribution is -2.44. The van der Waals surface area contributed by atoms with Crippen LogP contribution < -0.4 is 5.32 Å². The summed E-state index contributed by atoms with van der Waals surface area (Å²) in [4.78, 5) is 13.5. The third-order valence-electron chi connectivity index (χ3n) is 6.50. The summed E-state index contributed by atoms with van der Waals surface area (Å²) in [6.45, 7) is 4.10. The Labute approximate surface area is 160 Å². The van der Waals surface area contributed by atoms with E-state index in [1.807, 2.05) is 18.2 Å². The highest BCUT2D eigenvalue weighted by Gasteiger charge is 2.43. The maximum absolute atomic E-state index is 10.9. The number of nitrogens with one attached hydrogen (secondary N) is 1. The van der Waals surface area contributed by atoms with Crippen LogP contribution in [0.25, 0.3) is 10.8 Å². The maximum atomic E-state index is 10.9. The number of hydrogen-bond donors (Lipinski definition) is 1. The number of carbonyl (C=O) groups excluding carboxylic acids is 1. The molecule has 2 aromatic carbocycles. The molecule has 0 radical (unpaired) electrons. The van der Waals surface area contributed by atoms with Crippen LogP contribution in [0.5, 0.6) is 0 Å². The number of piperidine rings is 1. The van der Waals surface area contributed by atoms with E-state index in [4.69, 9.17) is 4.74 Å². The zero-order valence-corrected chi connectivity index (χ0v) is 15.8. The fraction of sp³-hybridized carbons (Fsp3) is 0.522. The Morgan fingerprint density at radius 1 is 1.07 bits per heavy atom. The first kappa shape index (κ1) is 17.4. The fourth-order valence-electron chi connectivity index (χ4n) is 4.75. The van der Waals surface area contributed by atoms with Gasteiger partial charge in [-0.3, -0.25) is 9.69 Å². The quantitative estimate of drug-likeness (QED) is 0.824. The maximum Gasteiger partial charge on any atom is 0.150 e. The summed E-state index contributed by atoms with van der Waals surface area (Å²) >= 11 is 0. The van der Waals surface area contributed by atoms with Gasteiger partial charge in [-0.25, -0.2) is 0 Å². The molecule has 1 saturated carbocycles. The van der Waals surface area contributed by atoms with Crippen LogP contribution in [-0.4, -0.2) is 48.6 Å². The molecule has 2 aromatic rings. The summed E-state index contributed by atoms with van der Waals surface area (Å²) in [6.07, 6.45) is 7.08. The molecule has 1 atom stereocenters. The minimum atomic E-state index is 0.123. The molecule has 3 aliphatic rings. The molecule has 0 aromatic heterocycles. The van der Waals surface area contributed by atoms with Gasteiger partial charge in [0, 0.05) is 37.3 Å². The van der Waals surface area contributed by atoms with E-state index in [0.717, 1.165) is 62.4 Å². The second-order valence-corrected chi connectivity index (χ2v) is 8.67. The van der Waals surface area contributed by atoms with Crippen molar-refractivity contribution in [2.45, 2.75) is 56.3 Å². The van der Waals surface area contributed by atoms with Crippen molar-refractivity contribution in [3.8, 4) is 0 Å². The van der Waals surface area contributed by atoms with Crippen LogP contribution in [0.1, 0.15) is 48.0 Å². The van der Waals surface area contributed by atoms with Crippen LogP contribution in [0.4, 0.5) is 0 Å². The van der Waals surface area contributed by atoms with Crippen molar-refractivity contribution in [1.29, 1.82) is 0 Å². The highest BCUT2D eigenvalue weighted by molar-refractivity contribution is 5.89. The van der Waals surface area contributed by atoms with Crippen LogP contribution in [0, 0.1) is 0 Å². The number of hydrogen-bond acceptors (Lipinski definition) is 4. The fourth-order valence-corrected chi connectivity index (χ4v) is 4.75. The van der Waals surface area contributed by atoms with E-state index in [2.05, 4.69) is 28.4 Å². The van der Waals surface area contributed by atoms with Crippen molar-refractivity contribution in [3.05, 3.63) is 47.5 Å². The van der Waals surface area contributed by atoms with Gasteiger partial charge in [-0.2, -0.15) is 0 Å². The van der Waals surface area contributed by atoms with E-state index < -0.39 is 0 Å². The SMILES string of the molecule is O=Cc1ccc2cc(CN3CCC4(CC3)CC(NC3CC3)CO4)ccc2c1. The van der Waals surface area contributed by atoms with Crippen LogP contribution in [0.15, 0.2) is 36.4 Å². The number of rotatable bonds is 5. The summed E-state index contributed by atoms with van der Waals surface area (Å²) in [7, 11) is 0. The van der Waals surface area contributed by atoms with Crippen molar-refractivity contribution in [2.24, 2.45) is 0 Å². The number of ether oxygens (including phenoxy) is 1. The van der Waals surface area contributed by atoms with Gasteiger partial charge in [-0.15, -0.1) is 0 Å². The van der Waals surface area contributed by atoms with Gasteiger partial charge in [0.15, 0.2) is 0 Å². The summed E-state index contributed by atoms with van der Waals surface area (Å²) in [6, 6.07) is 13.8. The van der Waals surface area contributed by atoms with E-state index >= 15 is 0 Å². The molecule has 1 N–H and O–H groups in total. The molecule has 1 unspecified atom stereocenters. The number of aldehydes is 1. The van der Waals surface area contributed by atoms with E-state index in [-0.39, 0.29) is 5.60 Å². The van der Waals surface area contributed by atoms with Gasteiger partial charge in [-0.1, -0.05) is 24.3 Å². The molecule has 4 heteroatoms. The lowest BCUT2D eigenvalue weighted by molar-refractivity contribution is -0.0449. The highest BCUT2D eigenvalue weighted by Crippen LogP contribution is 2.37. The molecule has 1 aliphatic carbocycles. The number of carbonyl (C=O) groups is 1. The van der Waals surface area contributed by atoms with Crippen molar-refractivity contribution in [2.75, 3.05) is 19.7 Å². The van der Waals surface area contributed by atoms with E-state index in [1.165, 1.54) is 30.2 Å². The third-order valence-corrected chi connectivity index (χ3v) is 6.50. The monoisotopic (exact) mass is 364 g/mol. The predicted molar refractivity (Wildman–Crippen MR) is 107 cm³/mol. The van der Waals surface area contributed by atoms with E-state index in [1.54, 1.807) is 0 Å². The molecule has 4 nitrogen and oxygen atoms in total. The van der Waals surface area contributed by atoms with Gasteiger partial charge in [0.25, 0.3) is 0 Å². The molecule has 1 spiro atoms. The molecule has 27 heavy (non-hydrogen) atoms. The molecule has 3 fully saturated rings. The molecule has 0 amide bonds. The Hall–Kier alpha value is -1.75.